The molecular formula is C19H17FN2O2. The second-order valence-electron chi connectivity index (χ2n) is 5.55. The van der Waals surface area contributed by atoms with Gasteiger partial charge in [0.05, 0.1) is 18.5 Å². The van der Waals surface area contributed by atoms with Crippen LogP contribution in [0.5, 0.6) is 0 Å². The Hall–Kier alpha value is -2.95. The summed E-state index contributed by atoms with van der Waals surface area (Å²) in [6.45, 7) is 3.82. The molecule has 0 fully saturated rings. The van der Waals surface area contributed by atoms with Crippen molar-refractivity contribution < 1.29 is 13.9 Å². The predicted octanol–water partition coefficient (Wildman–Crippen LogP) is 4.08. The number of halogens is 1. The van der Waals surface area contributed by atoms with E-state index in [2.05, 4.69) is 5.10 Å². The summed E-state index contributed by atoms with van der Waals surface area (Å²) in [6.07, 6.45) is 0. The fourth-order valence-electron chi connectivity index (χ4n) is 2.60. The van der Waals surface area contributed by atoms with E-state index in [1.807, 2.05) is 38.1 Å². The van der Waals surface area contributed by atoms with Crippen molar-refractivity contribution in [1.82, 2.24) is 9.78 Å². The minimum Gasteiger partial charge on any atom is -0.465 e. The predicted molar refractivity (Wildman–Crippen MR) is 89.8 cm³/mol. The Bertz CT molecular complexity index is 881. The first-order valence-corrected chi connectivity index (χ1v) is 7.52. The summed E-state index contributed by atoms with van der Waals surface area (Å²) in [5.74, 6) is -0.807. The number of aryl methyl sites for hydroxylation is 1. The van der Waals surface area contributed by atoms with E-state index in [9.17, 15) is 9.18 Å². The number of hydrogen-bond donors (Lipinski definition) is 0. The van der Waals surface area contributed by atoms with Crippen molar-refractivity contribution >= 4 is 5.97 Å². The third-order valence-electron chi connectivity index (χ3n) is 3.90. The Morgan fingerprint density at radius 2 is 1.67 bits per heavy atom. The molecule has 3 rings (SSSR count). The van der Waals surface area contributed by atoms with E-state index in [4.69, 9.17) is 4.74 Å². The lowest BCUT2D eigenvalue weighted by molar-refractivity contribution is 0.0600. The molecule has 0 aliphatic rings. The van der Waals surface area contributed by atoms with Crippen molar-refractivity contribution in [2.45, 2.75) is 13.8 Å². The normalized spacial score (nSPS) is 10.7. The zero-order valence-electron chi connectivity index (χ0n) is 13.7. The van der Waals surface area contributed by atoms with Crippen LogP contribution in [0, 0.1) is 19.7 Å². The first-order valence-electron chi connectivity index (χ1n) is 7.52. The van der Waals surface area contributed by atoms with Gasteiger partial charge in [-0.3, -0.25) is 0 Å². The van der Waals surface area contributed by atoms with Crippen molar-refractivity contribution in [2.24, 2.45) is 0 Å². The number of benzene rings is 2. The number of carbonyl (C=O) groups excluding carboxylic acids is 1. The third-order valence-corrected chi connectivity index (χ3v) is 3.90. The van der Waals surface area contributed by atoms with Gasteiger partial charge < -0.3 is 4.74 Å². The maximum Gasteiger partial charge on any atom is 0.342 e. The minimum absolute atomic E-state index is 0.340. The van der Waals surface area contributed by atoms with Gasteiger partial charge in [0.15, 0.2) is 0 Å². The summed E-state index contributed by atoms with van der Waals surface area (Å²) >= 11 is 0. The zero-order chi connectivity index (χ0) is 17.3. The molecule has 2 aromatic carbocycles. The Kier molecular flexibility index (Phi) is 4.16. The van der Waals surface area contributed by atoms with Gasteiger partial charge in [0.25, 0.3) is 0 Å². The van der Waals surface area contributed by atoms with Crippen molar-refractivity contribution in [3.8, 4) is 16.9 Å². The SMILES string of the molecule is COC(=O)c1c(-c2ccc(F)cc2)nn(-c2ccc(C)cc2)c1C. The number of rotatable bonds is 3. The Balaban J connectivity index is 2.20. The second-order valence-corrected chi connectivity index (χ2v) is 5.55. The number of esters is 1. The number of carbonyl (C=O) groups is 1. The van der Waals surface area contributed by atoms with Gasteiger partial charge >= 0.3 is 5.97 Å². The maximum atomic E-state index is 13.2. The van der Waals surface area contributed by atoms with E-state index < -0.39 is 5.97 Å². The number of hydrogen-bond acceptors (Lipinski definition) is 3. The average Bonchev–Trinajstić information content (AvgIpc) is 2.93. The molecule has 0 spiro atoms. The highest BCUT2D eigenvalue weighted by molar-refractivity contribution is 5.97. The molecule has 0 saturated carbocycles. The fraction of sp³-hybridized carbons (Fsp3) is 0.158. The molecule has 0 bridgehead atoms. The largest absolute Gasteiger partial charge is 0.465 e. The second kappa shape index (κ2) is 6.28. The molecule has 0 radical (unpaired) electrons. The van der Waals surface area contributed by atoms with Gasteiger partial charge in [-0.05, 0) is 50.2 Å². The molecule has 24 heavy (non-hydrogen) atoms. The highest BCUT2D eigenvalue weighted by Gasteiger charge is 2.23. The quantitative estimate of drug-likeness (QED) is 0.682. The van der Waals surface area contributed by atoms with Crippen LogP contribution in [0.1, 0.15) is 21.6 Å². The summed E-state index contributed by atoms with van der Waals surface area (Å²) < 4.78 is 19.8. The lowest BCUT2D eigenvalue weighted by Crippen LogP contribution is -2.05. The van der Waals surface area contributed by atoms with E-state index in [0.29, 0.717) is 22.5 Å². The van der Waals surface area contributed by atoms with Crippen LogP contribution in [-0.2, 0) is 4.74 Å². The number of aromatic nitrogens is 2. The van der Waals surface area contributed by atoms with Gasteiger partial charge in [-0.15, -0.1) is 0 Å². The average molecular weight is 324 g/mol. The number of methoxy groups -OCH3 is 1. The molecule has 1 aromatic heterocycles. The highest BCUT2D eigenvalue weighted by atomic mass is 19.1. The van der Waals surface area contributed by atoms with Crippen LogP contribution in [0.4, 0.5) is 4.39 Å². The molecule has 0 aliphatic heterocycles. The monoisotopic (exact) mass is 324 g/mol. The summed E-state index contributed by atoms with van der Waals surface area (Å²) in [5.41, 5.74) is 4.16. The fourth-order valence-corrected chi connectivity index (χ4v) is 2.60. The van der Waals surface area contributed by atoms with Gasteiger partial charge in [-0.2, -0.15) is 5.10 Å². The first-order chi connectivity index (χ1) is 11.5. The molecule has 1 heterocycles. The summed E-state index contributed by atoms with van der Waals surface area (Å²) in [4.78, 5) is 12.2. The molecule has 0 saturated heterocycles. The molecule has 0 amide bonds. The Morgan fingerprint density at radius 3 is 2.25 bits per heavy atom. The van der Waals surface area contributed by atoms with Crippen LogP contribution < -0.4 is 0 Å². The standard InChI is InChI=1S/C19H17FN2O2/c1-12-4-10-16(11-5-12)22-13(2)17(19(23)24-3)18(21-22)14-6-8-15(20)9-7-14/h4-11H,1-3H3. The molecule has 0 N–H and O–H groups in total. The Labute approximate surface area is 139 Å². The lowest BCUT2D eigenvalue weighted by atomic mass is 10.1. The van der Waals surface area contributed by atoms with Gasteiger partial charge in [0.2, 0.25) is 0 Å². The number of nitrogens with zero attached hydrogens (tertiary/aromatic N) is 2. The topological polar surface area (TPSA) is 44.1 Å². The van der Waals surface area contributed by atoms with E-state index in [0.717, 1.165) is 11.3 Å². The van der Waals surface area contributed by atoms with Gasteiger partial charge in [-0.1, -0.05) is 17.7 Å². The van der Waals surface area contributed by atoms with E-state index in [1.54, 1.807) is 16.8 Å². The van der Waals surface area contributed by atoms with Crippen molar-refractivity contribution in [3.63, 3.8) is 0 Å². The first kappa shape index (κ1) is 15.9. The van der Waals surface area contributed by atoms with Crippen LogP contribution in [0.25, 0.3) is 16.9 Å². The molecule has 0 atom stereocenters. The molecule has 0 aliphatic carbocycles. The number of ether oxygens (including phenoxy) is 1. The molecule has 0 unspecified atom stereocenters. The van der Waals surface area contributed by atoms with E-state index in [1.165, 1.54) is 19.2 Å². The van der Waals surface area contributed by atoms with E-state index in [-0.39, 0.29) is 5.82 Å². The summed E-state index contributed by atoms with van der Waals surface area (Å²) in [7, 11) is 1.33. The van der Waals surface area contributed by atoms with Crippen molar-refractivity contribution in [2.75, 3.05) is 7.11 Å². The van der Waals surface area contributed by atoms with Crippen molar-refractivity contribution in [3.05, 3.63) is 71.2 Å². The Morgan fingerprint density at radius 1 is 1.04 bits per heavy atom. The van der Waals surface area contributed by atoms with E-state index >= 15 is 0 Å². The lowest BCUT2D eigenvalue weighted by Gasteiger charge is -2.05. The van der Waals surface area contributed by atoms with Gasteiger partial charge in [-0.25, -0.2) is 13.9 Å². The zero-order valence-corrected chi connectivity index (χ0v) is 13.7. The summed E-state index contributed by atoms with van der Waals surface area (Å²) in [5, 5.41) is 4.57. The van der Waals surface area contributed by atoms with Gasteiger partial charge in [0, 0.05) is 5.56 Å². The minimum atomic E-state index is -0.467. The molecule has 3 aromatic rings. The van der Waals surface area contributed by atoms with Gasteiger partial charge in [0.1, 0.15) is 17.1 Å². The molecular weight excluding hydrogens is 307 g/mol. The van der Waals surface area contributed by atoms with Crippen LogP contribution in [0.2, 0.25) is 0 Å². The van der Waals surface area contributed by atoms with Crippen LogP contribution in [0.15, 0.2) is 48.5 Å². The van der Waals surface area contributed by atoms with Crippen LogP contribution in [0.3, 0.4) is 0 Å². The van der Waals surface area contributed by atoms with Crippen LogP contribution in [-0.4, -0.2) is 22.9 Å². The van der Waals surface area contributed by atoms with Crippen LogP contribution >= 0.6 is 0 Å². The van der Waals surface area contributed by atoms with Crippen molar-refractivity contribution in [1.29, 1.82) is 0 Å². The molecule has 4 nitrogen and oxygen atoms in total. The molecule has 122 valence electrons. The third kappa shape index (κ3) is 2.80. The highest BCUT2D eigenvalue weighted by Crippen LogP contribution is 2.28. The molecule has 5 heteroatoms. The maximum absolute atomic E-state index is 13.2. The smallest absolute Gasteiger partial charge is 0.342 e. The summed E-state index contributed by atoms with van der Waals surface area (Å²) in [6, 6.07) is 13.7.